The molecule has 2 atom stereocenters. The lowest BCUT2D eigenvalue weighted by Crippen LogP contribution is -2.47. The average Bonchev–Trinajstić information content (AvgIpc) is 2.28. The molecule has 0 amide bonds. The molecule has 2 heterocycles. The lowest BCUT2D eigenvalue weighted by molar-refractivity contribution is 0.262. The van der Waals surface area contributed by atoms with E-state index in [0.717, 1.165) is 12.6 Å². The molecule has 2 nitrogen and oxygen atoms in total. The van der Waals surface area contributed by atoms with E-state index in [0.29, 0.717) is 5.54 Å². The Kier molecular flexibility index (Phi) is 1.90. The number of hydrogen-bond donors (Lipinski definition) is 2. The van der Waals surface area contributed by atoms with Gasteiger partial charge in [-0.2, -0.15) is 0 Å². The van der Waals surface area contributed by atoms with Crippen LogP contribution in [0.15, 0.2) is 0 Å². The molecule has 64 valence electrons. The number of fused-ring (bicyclic) bond motifs is 2. The van der Waals surface area contributed by atoms with Gasteiger partial charge in [0.25, 0.3) is 0 Å². The summed E-state index contributed by atoms with van der Waals surface area (Å²) in [5.41, 5.74) is 6.07. The third-order valence-electron chi connectivity index (χ3n) is 3.31. The summed E-state index contributed by atoms with van der Waals surface area (Å²) in [5, 5.41) is 3.72. The van der Waals surface area contributed by atoms with E-state index in [4.69, 9.17) is 5.73 Å². The largest absolute Gasteiger partial charge is 0.330 e. The predicted octanol–water partition coefficient (Wildman–Crippen LogP) is 1.01. The molecule has 3 N–H and O–H groups in total. The van der Waals surface area contributed by atoms with E-state index in [-0.39, 0.29) is 0 Å². The highest BCUT2D eigenvalue weighted by Crippen LogP contribution is 2.37. The van der Waals surface area contributed by atoms with Gasteiger partial charge in [-0.15, -0.1) is 0 Å². The first kappa shape index (κ1) is 7.56. The first-order valence-electron chi connectivity index (χ1n) is 4.82. The normalized spacial score (nSPS) is 42.8. The summed E-state index contributed by atoms with van der Waals surface area (Å²) in [5.74, 6) is 0. The second kappa shape index (κ2) is 2.76. The second-order valence-corrected chi connectivity index (χ2v) is 4.09. The standard InChI is InChI=1S/C9H18N2/c10-7-6-9-4-1-2-8(11-9)3-5-9/h8,11H,1-7,10H2. The van der Waals surface area contributed by atoms with Gasteiger partial charge in [0.15, 0.2) is 0 Å². The van der Waals surface area contributed by atoms with Crippen LogP contribution in [0.1, 0.15) is 38.5 Å². The summed E-state index contributed by atoms with van der Waals surface area (Å²) in [6.45, 7) is 0.847. The Hall–Kier alpha value is -0.0800. The molecule has 2 aliphatic heterocycles. The lowest BCUT2D eigenvalue weighted by atomic mass is 9.87. The van der Waals surface area contributed by atoms with Crippen LogP contribution in [0.2, 0.25) is 0 Å². The first-order valence-corrected chi connectivity index (χ1v) is 4.82. The maximum atomic E-state index is 5.60. The fourth-order valence-corrected chi connectivity index (χ4v) is 2.73. The summed E-state index contributed by atoms with van der Waals surface area (Å²) < 4.78 is 0. The van der Waals surface area contributed by atoms with Crippen LogP contribution in [0.4, 0.5) is 0 Å². The van der Waals surface area contributed by atoms with Crippen LogP contribution < -0.4 is 11.1 Å². The minimum Gasteiger partial charge on any atom is -0.330 e. The highest BCUT2D eigenvalue weighted by molar-refractivity contribution is 5.01. The molecular weight excluding hydrogens is 136 g/mol. The van der Waals surface area contributed by atoms with Gasteiger partial charge in [-0.25, -0.2) is 0 Å². The molecule has 2 bridgehead atoms. The fourth-order valence-electron chi connectivity index (χ4n) is 2.73. The van der Waals surface area contributed by atoms with Gasteiger partial charge in [-0.3, -0.25) is 0 Å². The van der Waals surface area contributed by atoms with Gasteiger partial charge >= 0.3 is 0 Å². The van der Waals surface area contributed by atoms with Gasteiger partial charge in [0.2, 0.25) is 0 Å². The summed E-state index contributed by atoms with van der Waals surface area (Å²) >= 11 is 0. The van der Waals surface area contributed by atoms with Gasteiger partial charge in [-0.1, -0.05) is 6.42 Å². The van der Waals surface area contributed by atoms with Crippen LogP contribution >= 0.6 is 0 Å². The third kappa shape index (κ3) is 1.30. The molecule has 0 saturated carbocycles. The van der Waals surface area contributed by atoms with Crippen molar-refractivity contribution >= 4 is 0 Å². The van der Waals surface area contributed by atoms with Gasteiger partial charge in [0, 0.05) is 11.6 Å². The van der Waals surface area contributed by atoms with E-state index < -0.39 is 0 Å². The summed E-state index contributed by atoms with van der Waals surface area (Å²) in [4.78, 5) is 0. The zero-order chi connectivity index (χ0) is 7.73. The molecule has 0 spiro atoms. The average molecular weight is 154 g/mol. The molecule has 2 fully saturated rings. The van der Waals surface area contributed by atoms with Crippen molar-refractivity contribution in [3.63, 3.8) is 0 Å². The molecule has 2 unspecified atom stereocenters. The number of piperidine rings is 1. The Morgan fingerprint density at radius 3 is 3.09 bits per heavy atom. The zero-order valence-electron chi connectivity index (χ0n) is 7.10. The lowest BCUT2D eigenvalue weighted by Gasteiger charge is -2.34. The molecule has 0 aromatic rings. The van der Waals surface area contributed by atoms with Crippen molar-refractivity contribution in [1.82, 2.24) is 5.32 Å². The van der Waals surface area contributed by atoms with Gasteiger partial charge in [0.05, 0.1) is 0 Å². The molecule has 0 aliphatic carbocycles. The molecule has 0 radical (unpaired) electrons. The van der Waals surface area contributed by atoms with Crippen LogP contribution in [0.5, 0.6) is 0 Å². The van der Waals surface area contributed by atoms with Crippen molar-refractivity contribution in [2.75, 3.05) is 6.54 Å². The van der Waals surface area contributed by atoms with E-state index in [9.17, 15) is 0 Å². The summed E-state index contributed by atoms with van der Waals surface area (Å²) in [6, 6.07) is 0.829. The van der Waals surface area contributed by atoms with Crippen molar-refractivity contribution in [1.29, 1.82) is 0 Å². The van der Waals surface area contributed by atoms with Crippen LogP contribution in [-0.2, 0) is 0 Å². The Bertz CT molecular complexity index is 137. The molecule has 2 heteroatoms. The summed E-state index contributed by atoms with van der Waals surface area (Å²) in [7, 11) is 0. The van der Waals surface area contributed by atoms with Crippen molar-refractivity contribution in [3.05, 3.63) is 0 Å². The van der Waals surface area contributed by atoms with Crippen LogP contribution in [-0.4, -0.2) is 18.1 Å². The smallest absolute Gasteiger partial charge is 0.0196 e. The SMILES string of the molecule is NCCC12CCCC(CC1)N2. The Morgan fingerprint density at radius 1 is 1.36 bits per heavy atom. The molecule has 0 aromatic heterocycles. The topological polar surface area (TPSA) is 38.0 Å². The Balaban J connectivity index is 2.01. The van der Waals surface area contributed by atoms with Gasteiger partial charge in [0.1, 0.15) is 0 Å². The Labute approximate surface area is 68.5 Å². The molecule has 2 aliphatic rings. The number of hydrogen-bond acceptors (Lipinski definition) is 2. The van der Waals surface area contributed by atoms with Crippen LogP contribution in [0.25, 0.3) is 0 Å². The number of nitrogens with two attached hydrogens (primary N) is 1. The maximum Gasteiger partial charge on any atom is 0.0196 e. The molecular formula is C9H18N2. The van der Waals surface area contributed by atoms with E-state index in [1.807, 2.05) is 0 Å². The third-order valence-corrected chi connectivity index (χ3v) is 3.31. The van der Waals surface area contributed by atoms with Gasteiger partial charge < -0.3 is 11.1 Å². The van der Waals surface area contributed by atoms with E-state index in [1.54, 1.807) is 0 Å². The first-order chi connectivity index (χ1) is 5.35. The highest BCUT2D eigenvalue weighted by Gasteiger charge is 2.40. The molecule has 2 saturated heterocycles. The van der Waals surface area contributed by atoms with E-state index >= 15 is 0 Å². The van der Waals surface area contributed by atoms with Crippen LogP contribution in [0, 0.1) is 0 Å². The van der Waals surface area contributed by atoms with Crippen molar-refractivity contribution in [3.8, 4) is 0 Å². The molecule has 11 heavy (non-hydrogen) atoms. The molecule has 2 rings (SSSR count). The Morgan fingerprint density at radius 2 is 2.27 bits per heavy atom. The number of rotatable bonds is 2. The minimum atomic E-state index is 0.470. The van der Waals surface area contributed by atoms with Crippen molar-refractivity contribution in [2.45, 2.75) is 50.1 Å². The second-order valence-electron chi connectivity index (χ2n) is 4.09. The summed E-state index contributed by atoms with van der Waals surface area (Å²) in [6.07, 6.45) is 8.11. The maximum absolute atomic E-state index is 5.60. The van der Waals surface area contributed by atoms with Crippen molar-refractivity contribution < 1.29 is 0 Å². The zero-order valence-corrected chi connectivity index (χ0v) is 7.10. The van der Waals surface area contributed by atoms with E-state index in [2.05, 4.69) is 5.32 Å². The predicted molar refractivity (Wildman–Crippen MR) is 46.4 cm³/mol. The fraction of sp³-hybridized carbons (Fsp3) is 1.00. The molecule has 0 aromatic carbocycles. The number of nitrogens with one attached hydrogen (secondary N) is 1. The van der Waals surface area contributed by atoms with Crippen LogP contribution in [0.3, 0.4) is 0 Å². The van der Waals surface area contributed by atoms with Crippen molar-refractivity contribution in [2.24, 2.45) is 5.73 Å². The highest BCUT2D eigenvalue weighted by atomic mass is 15.1. The minimum absolute atomic E-state index is 0.470. The van der Waals surface area contributed by atoms with E-state index in [1.165, 1.54) is 38.5 Å². The quantitative estimate of drug-likeness (QED) is 0.623. The van der Waals surface area contributed by atoms with Gasteiger partial charge in [-0.05, 0) is 38.6 Å². The monoisotopic (exact) mass is 154 g/mol.